The maximum Gasteiger partial charge on any atom is 0.204 e. The van der Waals surface area contributed by atoms with Gasteiger partial charge in [-0.25, -0.2) is 0 Å². The van der Waals surface area contributed by atoms with E-state index in [1.54, 1.807) is 0 Å². The fourth-order valence-electron chi connectivity index (χ4n) is 3.80. The third-order valence-corrected chi connectivity index (χ3v) is 5.62. The van der Waals surface area contributed by atoms with Crippen molar-refractivity contribution in [2.24, 2.45) is 11.8 Å². The lowest BCUT2D eigenvalue weighted by Gasteiger charge is -2.26. The third-order valence-electron chi connectivity index (χ3n) is 5.62. The highest BCUT2D eigenvalue weighted by Gasteiger charge is 2.19. The summed E-state index contributed by atoms with van der Waals surface area (Å²) in [6.07, 6.45) is 16.3. The van der Waals surface area contributed by atoms with Gasteiger partial charge in [0.05, 0.1) is 6.61 Å². The van der Waals surface area contributed by atoms with Gasteiger partial charge < -0.3 is 9.47 Å². The van der Waals surface area contributed by atoms with E-state index in [1.165, 1.54) is 63.5 Å². The summed E-state index contributed by atoms with van der Waals surface area (Å²) in [5.74, 6) is -0.590. The summed E-state index contributed by atoms with van der Waals surface area (Å²) in [6.45, 7) is 4.91. The summed E-state index contributed by atoms with van der Waals surface area (Å²) in [7, 11) is 0. The lowest BCUT2D eigenvalue weighted by molar-refractivity contribution is 0.279. The number of hydrogen-bond acceptors (Lipinski definition) is 2. The normalized spacial score (nSPS) is 19.9. The molecule has 0 N–H and O–H groups in total. The summed E-state index contributed by atoms with van der Waals surface area (Å²) < 4.78 is 38.9. The lowest BCUT2D eigenvalue weighted by atomic mass is 9.79. The molecule has 1 fully saturated rings. The van der Waals surface area contributed by atoms with Gasteiger partial charge in [0, 0.05) is 0 Å². The number of benzene rings is 1. The van der Waals surface area contributed by atoms with Gasteiger partial charge in [-0.2, -0.15) is 8.78 Å². The Balaban J connectivity index is 1.72. The minimum Gasteiger partial charge on any atom is -0.490 e. The minimum absolute atomic E-state index is 0.0514. The van der Waals surface area contributed by atoms with Crippen LogP contribution >= 0.6 is 0 Å². The van der Waals surface area contributed by atoms with Crippen molar-refractivity contribution in [1.29, 1.82) is 0 Å². The van der Waals surface area contributed by atoms with Gasteiger partial charge in [-0.15, -0.1) is 0 Å². The zero-order chi connectivity index (χ0) is 20.2. The molecule has 0 aromatic heterocycles. The molecule has 2 nitrogen and oxygen atoms in total. The van der Waals surface area contributed by atoms with E-state index in [-0.39, 0.29) is 18.1 Å². The molecule has 4 heteroatoms. The van der Waals surface area contributed by atoms with Crippen molar-refractivity contribution in [2.75, 3.05) is 13.2 Å². The Morgan fingerprint density at radius 2 is 1.54 bits per heavy atom. The number of halogens is 2. The molecule has 2 rings (SSSR count). The molecule has 1 aromatic rings. The van der Waals surface area contributed by atoms with Crippen molar-refractivity contribution < 1.29 is 18.3 Å². The van der Waals surface area contributed by atoms with Gasteiger partial charge in [0.2, 0.25) is 11.6 Å². The molecular weight excluding hydrogens is 358 g/mol. The summed E-state index contributed by atoms with van der Waals surface area (Å²) in [5, 5.41) is 0. The standard InChI is InChI=1S/C24H36F2O2/c1-3-5-7-9-19-11-13-20(14-12-19)10-8-18-28-22-16-15-21(23(25)24(22)26)27-17-6-4-2/h8,10,15-16,19-20H,3-7,9,11-14,17-18H2,1-2H3. The monoisotopic (exact) mass is 394 g/mol. The molecule has 1 aliphatic rings. The van der Waals surface area contributed by atoms with Crippen LogP contribution in [0.4, 0.5) is 8.78 Å². The van der Waals surface area contributed by atoms with Crippen LogP contribution in [0.15, 0.2) is 24.3 Å². The van der Waals surface area contributed by atoms with Gasteiger partial charge in [0.15, 0.2) is 11.5 Å². The third kappa shape index (κ3) is 7.44. The van der Waals surface area contributed by atoms with Crippen molar-refractivity contribution in [2.45, 2.75) is 78.1 Å². The molecule has 0 atom stereocenters. The Labute approximate surface area is 169 Å². The maximum absolute atomic E-state index is 14.1. The average Bonchev–Trinajstić information content (AvgIpc) is 2.71. The number of hydrogen-bond donors (Lipinski definition) is 0. The van der Waals surface area contributed by atoms with Crippen LogP contribution in [0.25, 0.3) is 0 Å². The van der Waals surface area contributed by atoms with Crippen molar-refractivity contribution in [1.82, 2.24) is 0 Å². The summed E-state index contributed by atoms with van der Waals surface area (Å²) in [6, 6.07) is 2.88. The first kappa shape index (κ1) is 22.7. The first-order chi connectivity index (χ1) is 13.7. The molecule has 0 saturated heterocycles. The summed E-state index contributed by atoms with van der Waals surface area (Å²) >= 11 is 0. The summed E-state index contributed by atoms with van der Waals surface area (Å²) in [4.78, 5) is 0. The number of allylic oxidation sites excluding steroid dienone is 1. The molecule has 0 heterocycles. The molecule has 1 aliphatic carbocycles. The van der Waals surface area contributed by atoms with Gasteiger partial charge in [0.1, 0.15) is 6.61 Å². The van der Waals surface area contributed by atoms with E-state index in [2.05, 4.69) is 13.0 Å². The minimum atomic E-state index is -0.977. The number of rotatable bonds is 12. The smallest absolute Gasteiger partial charge is 0.204 e. The van der Waals surface area contributed by atoms with Gasteiger partial charge in [-0.3, -0.25) is 0 Å². The molecule has 158 valence electrons. The highest BCUT2D eigenvalue weighted by atomic mass is 19.2. The van der Waals surface area contributed by atoms with Crippen LogP contribution < -0.4 is 9.47 Å². The highest BCUT2D eigenvalue weighted by molar-refractivity contribution is 5.35. The quantitative estimate of drug-likeness (QED) is 0.270. The fourth-order valence-corrected chi connectivity index (χ4v) is 3.80. The Kier molecular flexibility index (Phi) is 10.4. The molecule has 0 spiro atoms. The topological polar surface area (TPSA) is 18.5 Å². The molecule has 0 unspecified atom stereocenters. The van der Waals surface area contributed by atoms with Crippen molar-refractivity contribution in [3.8, 4) is 11.5 Å². The Hall–Kier alpha value is -1.58. The van der Waals surface area contributed by atoms with Gasteiger partial charge in [0.25, 0.3) is 0 Å². The predicted molar refractivity (Wildman–Crippen MR) is 111 cm³/mol. The van der Waals surface area contributed by atoms with E-state index >= 15 is 0 Å². The van der Waals surface area contributed by atoms with Crippen LogP contribution in [0.2, 0.25) is 0 Å². The zero-order valence-electron chi connectivity index (χ0n) is 17.5. The average molecular weight is 395 g/mol. The SMILES string of the molecule is CCCCCC1CCC(C=CCOc2ccc(OCCCC)c(F)c2F)CC1. The molecule has 1 aromatic carbocycles. The first-order valence-electron chi connectivity index (χ1n) is 11.1. The number of ether oxygens (including phenoxy) is 2. The fraction of sp³-hybridized carbons (Fsp3) is 0.667. The van der Waals surface area contributed by atoms with E-state index in [1.807, 2.05) is 13.0 Å². The van der Waals surface area contributed by atoms with E-state index < -0.39 is 11.6 Å². The maximum atomic E-state index is 14.1. The van der Waals surface area contributed by atoms with Crippen LogP contribution in [0, 0.1) is 23.5 Å². The Morgan fingerprint density at radius 1 is 0.893 bits per heavy atom. The molecule has 0 bridgehead atoms. The van der Waals surface area contributed by atoms with Crippen molar-refractivity contribution in [3.63, 3.8) is 0 Å². The highest BCUT2D eigenvalue weighted by Crippen LogP contribution is 2.33. The van der Waals surface area contributed by atoms with Crippen molar-refractivity contribution >= 4 is 0 Å². The van der Waals surface area contributed by atoms with E-state index in [0.29, 0.717) is 12.5 Å². The number of unbranched alkanes of at least 4 members (excludes halogenated alkanes) is 3. The second-order valence-corrected chi connectivity index (χ2v) is 7.91. The largest absolute Gasteiger partial charge is 0.490 e. The molecule has 0 radical (unpaired) electrons. The van der Waals surface area contributed by atoms with E-state index in [9.17, 15) is 8.78 Å². The second kappa shape index (κ2) is 12.8. The molecule has 0 amide bonds. The van der Waals surface area contributed by atoms with Crippen LogP contribution in [0.1, 0.15) is 78.1 Å². The van der Waals surface area contributed by atoms with Crippen LogP contribution in [-0.2, 0) is 0 Å². The Morgan fingerprint density at radius 3 is 2.18 bits per heavy atom. The van der Waals surface area contributed by atoms with Gasteiger partial charge >= 0.3 is 0 Å². The molecule has 28 heavy (non-hydrogen) atoms. The van der Waals surface area contributed by atoms with Gasteiger partial charge in [-0.05, 0) is 56.1 Å². The van der Waals surface area contributed by atoms with Crippen LogP contribution in [0.3, 0.4) is 0 Å². The summed E-state index contributed by atoms with van der Waals surface area (Å²) in [5.41, 5.74) is 0. The molecule has 0 aliphatic heterocycles. The second-order valence-electron chi connectivity index (χ2n) is 7.91. The zero-order valence-corrected chi connectivity index (χ0v) is 17.5. The molecular formula is C24H36F2O2. The molecule has 1 saturated carbocycles. The van der Waals surface area contributed by atoms with Crippen LogP contribution in [0.5, 0.6) is 11.5 Å². The van der Waals surface area contributed by atoms with Gasteiger partial charge in [-0.1, -0.05) is 58.1 Å². The van der Waals surface area contributed by atoms with E-state index in [0.717, 1.165) is 18.8 Å². The van der Waals surface area contributed by atoms with Crippen LogP contribution in [-0.4, -0.2) is 13.2 Å². The Bertz CT molecular complexity index is 593. The van der Waals surface area contributed by atoms with Crippen molar-refractivity contribution in [3.05, 3.63) is 35.9 Å². The lowest BCUT2D eigenvalue weighted by Crippen LogP contribution is -2.13. The predicted octanol–water partition coefficient (Wildman–Crippen LogP) is 7.47. The van der Waals surface area contributed by atoms with E-state index in [4.69, 9.17) is 9.47 Å². The first-order valence-corrected chi connectivity index (χ1v) is 11.1.